The Labute approximate surface area is 243 Å². The van der Waals surface area contributed by atoms with Gasteiger partial charge in [-0.15, -0.1) is 0 Å². The summed E-state index contributed by atoms with van der Waals surface area (Å²) >= 11 is 0. The van der Waals surface area contributed by atoms with Crippen LogP contribution in [0.25, 0.3) is 0 Å². The van der Waals surface area contributed by atoms with Crippen LogP contribution in [0.1, 0.15) is 130 Å². The smallest absolute Gasteiger partial charge is 0.155 e. The number of fused-ring (bicyclic) bond motifs is 10. The molecule has 0 amide bonds. The van der Waals surface area contributed by atoms with Gasteiger partial charge in [0.2, 0.25) is 0 Å². The van der Waals surface area contributed by atoms with Crippen molar-refractivity contribution in [1.82, 2.24) is 0 Å². The molecule has 8 rings (SSSR count). The molecule has 0 aromatic carbocycles. The molecule has 8 aliphatic rings. The van der Waals surface area contributed by atoms with Gasteiger partial charge >= 0.3 is 0 Å². The van der Waals surface area contributed by atoms with E-state index < -0.39 is 0 Å². The van der Waals surface area contributed by atoms with Gasteiger partial charge in [-0.25, -0.2) is 0 Å². The van der Waals surface area contributed by atoms with Crippen molar-refractivity contribution in [1.29, 1.82) is 0 Å². The highest BCUT2D eigenvalue weighted by atomic mass is 16.1. The van der Waals surface area contributed by atoms with Crippen molar-refractivity contribution in [3.8, 4) is 0 Å². The molecule has 6 saturated carbocycles. The Morgan fingerprint density at radius 1 is 0.700 bits per heavy atom. The summed E-state index contributed by atoms with van der Waals surface area (Å²) < 4.78 is 0. The number of rotatable bonds is 1. The molecule has 0 radical (unpaired) electrons. The normalized spacial score (nSPS) is 55.2. The molecule has 0 aromatic heterocycles. The van der Waals surface area contributed by atoms with Gasteiger partial charge in [-0.3, -0.25) is 9.59 Å². The fourth-order valence-corrected chi connectivity index (χ4v) is 14.3. The van der Waals surface area contributed by atoms with Gasteiger partial charge in [0.25, 0.3) is 0 Å². The Morgan fingerprint density at radius 3 is 2.33 bits per heavy atom. The van der Waals surface area contributed by atoms with Gasteiger partial charge < -0.3 is 0 Å². The SMILES string of the molecule is C[C@]12CCCC=C1CC[C@@H]1[C@H]2CC[C@]2(C)C(C3=CC(=O)CC4CC[C@@H]5[C@@H](CC[C@]6(C)C(=O)CC[C@@H]56)[C@@]34C)CC[C@@H]12. The van der Waals surface area contributed by atoms with Crippen molar-refractivity contribution < 1.29 is 9.59 Å². The van der Waals surface area contributed by atoms with Crippen LogP contribution in [0.4, 0.5) is 0 Å². The van der Waals surface area contributed by atoms with Gasteiger partial charge in [-0.1, -0.05) is 44.9 Å². The zero-order valence-electron chi connectivity index (χ0n) is 25.9. The quantitative estimate of drug-likeness (QED) is 0.309. The van der Waals surface area contributed by atoms with Crippen molar-refractivity contribution in [2.24, 2.45) is 69.0 Å². The zero-order valence-corrected chi connectivity index (χ0v) is 25.9. The minimum atomic E-state index is -0.0644. The van der Waals surface area contributed by atoms with Crippen LogP contribution in [-0.4, -0.2) is 11.6 Å². The van der Waals surface area contributed by atoms with E-state index in [1.54, 1.807) is 5.57 Å². The van der Waals surface area contributed by atoms with E-state index in [1.165, 1.54) is 77.0 Å². The van der Waals surface area contributed by atoms with Gasteiger partial charge in [-0.05, 0) is 160 Å². The monoisotopic (exact) mass is 542 g/mol. The minimum absolute atomic E-state index is 0.0644. The first-order valence-electron chi connectivity index (χ1n) is 17.6. The van der Waals surface area contributed by atoms with Crippen LogP contribution < -0.4 is 0 Å². The van der Waals surface area contributed by atoms with Crippen molar-refractivity contribution in [3.63, 3.8) is 0 Å². The zero-order chi connectivity index (χ0) is 27.7. The molecule has 0 bridgehead atoms. The van der Waals surface area contributed by atoms with Crippen LogP contribution in [0.3, 0.4) is 0 Å². The maximum atomic E-state index is 13.4. The number of Topliss-reactive ketones (excluding diaryl/α,β-unsaturated/α-hetero) is 1. The second-order valence-corrected chi connectivity index (χ2v) is 17.3. The van der Waals surface area contributed by atoms with E-state index in [4.69, 9.17) is 0 Å². The van der Waals surface area contributed by atoms with Crippen LogP contribution in [0.15, 0.2) is 23.3 Å². The van der Waals surface area contributed by atoms with Crippen LogP contribution in [0.5, 0.6) is 0 Å². The first kappa shape index (κ1) is 26.4. The molecule has 40 heavy (non-hydrogen) atoms. The Bertz CT molecular complexity index is 1190. The highest BCUT2D eigenvalue weighted by molar-refractivity contribution is 5.92. The standard InChI is InChI=1S/C38H54O2/c1-35-18-6-5-7-23(35)8-10-26-28-12-13-32(36(28,2)19-16-30(26)35)33-22-25(39)21-24-9-11-27-29-14-15-34(40)37(29,3)20-17-31(27)38(24,33)4/h7,22,24,26-32H,5-6,8-21H2,1-4H3/t24?,26-,27-,28-,29-,30+,31+,32?,35-,36-,37-,38-/m0/s1. The lowest BCUT2D eigenvalue weighted by Gasteiger charge is -2.62. The molecule has 218 valence electrons. The van der Waals surface area contributed by atoms with Gasteiger partial charge in [0.1, 0.15) is 5.78 Å². The third-order valence-corrected chi connectivity index (χ3v) is 16.4. The largest absolute Gasteiger partial charge is 0.299 e. The second kappa shape index (κ2) is 8.69. The van der Waals surface area contributed by atoms with Crippen molar-refractivity contribution in [2.75, 3.05) is 0 Å². The molecule has 0 spiro atoms. The fraction of sp³-hybridized carbons (Fsp3) is 0.842. The summed E-state index contributed by atoms with van der Waals surface area (Å²) in [6.45, 7) is 10.3. The Morgan fingerprint density at radius 2 is 1.48 bits per heavy atom. The predicted molar refractivity (Wildman–Crippen MR) is 160 cm³/mol. The van der Waals surface area contributed by atoms with E-state index in [-0.39, 0.29) is 10.8 Å². The van der Waals surface area contributed by atoms with E-state index in [1.807, 2.05) is 5.57 Å². The molecular weight excluding hydrogens is 488 g/mol. The summed E-state index contributed by atoms with van der Waals surface area (Å²) in [6.07, 6.45) is 24.6. The first-order valence-corrected chi connectivity index (χ1v) is 17.6. The van der Waals surface area contributed by atoms with Crippen LogP contribution in [-0.2, 0) is 9.59 Å². The highest BCUT2D eigenvalue weighted by Crippen LogP contribution is 2.72. The molecule has 12 atom stereocenters. The third kappa shape index (κ3) is 3.24. The number of carbonyl (C=O) groups is 2. The number of hydrogen-bond donors (Lipinski definition) is 0. The van der Waals surface area contributed by atoms with Gasteiger partial charge in [0, 0.05) is 18.3 Å². The molecule has 2 heteroatoms. The van der Waals surface area contributed by atoms with E-state index >= 15 is 0 Å². The molecule has 0 aliphatic heterocycles. The topological polar surface area (TPSA) is 34.1 Å². The van der Waals surface area contributed by atoms with Crippen molar-refractivity contribution in [3.05, 3.63) is 23.3 Å². The summed E-state index contributed by atoms with van der Waals surface area (Å²) in [6, 6.07) is 0. The van der Waals surface area contributed by atoms with E-state index in [9.17, 15) is 9.59 Å². The fourth-order valence-electron chi connectivity index (χ4n) is 14.3. The van der Waals surface area contributed by atoms with Crippen molar-refractivity contribution >= 4 is 11.6 Å². The Balaban J connectivity index is 1.14. The molecule has 0 N–H and O–H groups in total. The van der Waals surface area contributed by atoms with Gasteiger partial charge in [0.15, 0.2) is 5.78 Å². The summed E-state index contributed by atoms with van der Waals surface area (Å²) in [5.74, 6) is 6.60. The van der Waals surface area contributed by atoms with Crippen LogP contribution >= 0.6 is 0 Å². The van der Waals surface area contributed by atoms with Gasteiger partial charge in [-0.2, -0.15) is 0 Å². The first-order chi connectivity index (χ1) is 19.1. The molecule has 0 aromatic rings. The minimum Gasteiger partial charge on any atom is -0.299 e. The molecule has 6 fully saturated rings. The summed E-state index contributed by atoms with van der Waals surface area (Å²) in [5, 5.41) is 0. The predicted octanol–water partition coefficient (Wildman–Crippen LogP) is 9.28. The molecule has 2 unspecified atom stereocenters. The number of carbonyl (C=O) groups excluding carboxylic acids is 2. The average molecular weight is 543 g/mol. The molecule has 0 heterocycles. The maximum absolute atomic E-state index is 13.4. The summed E-state index contributed by atoms with van der Waals surface area (Å²) in [7, 11) is 0. The maximum Gasteiger partial charge on any atom is 0.155 e. The molecule has 2 nitrogen and oxygen atoms in total. The van der Waals surface area contributed by atoms with Gasteiger partial charge in [0.05, 0.1) is 0 Å². The highest BCUT2D eigenvalue weighted by Gasteiger charge is 2.65. The summed E-state index contributed by atoms with van der Waals surface area (Å²) in [5.41, 5.74) is 4.33. The number of ketones is 2. The molecule has 0 saturated heterocycles. The third-order valence-electron chi connectivity index (χ3n) is 16.4. The van der Waals surface area contributed by atoms with E-state index in [0.29, 0.717) is 52.0 Å². The average Bonchev–Trinajstić information content (AvgIpc) is 3.44. The lowest BCUT2D eigenvalue weighted by atomic mass is 9.42. The summed E-state index contributed by atoms with van der Waals surface area (Å²) in [4.78, 5) is 26.5. The van der Waals surface area contributed by atoms with Crippen LogP contribution in [0.2, 0.25) is 0 Å². The molecular formula is C38H54O2. The lowest BCUT2D eigenvalue weighted by molar-refractivity contribution is -0.137. The van der Waals surface area contributed by atoms with Crippen molar-refractivity contribution in [2.45, 2.75) is 130 Å². The van der Waals surface area contributed by atoms with Crippen LogP contribution in [0, 0.1) is 69.0 Å². The number of allylic oxidation sites excluding steroid dienone is 4. The molecule has 8 aliphatic carbocycles. The Kier molecular flexibility index (Phi) is 5.74. The second-order valence-electron chi connectivity index (χ2n) is 17.3. The number of hydrogen-bond acceptors (Lipinski definition) is 2. The lowest BCUT2D eigenvalue weighted by Crippen LogP contribution is -2.56. The van der Waals surface area contributed by atoms with E-state index in [2.05, 4.69) is 39.8 Å². The van der Waals surface area contributed by atoms with E-state index in [0.717, 1.165) is 43.4 Å². The Hall–Kier alpha value is -1.18.